The molecule has 2 nitrogen and oxygen atoms in total. The Labute approximate surface area is 179 Å². The number of aliphatic hydroxyl groups is 1. The lowest BCUT2D eigenvalue weighted by Gasteiger charge is -2.56. The Hall–Kier alpha value is -1.38. The number of hydrogen-bond donors (Lipinski definition) is 1. The minimum absolute atomic E-state index is 0.165. The zero-order valence-electron chi connectivity index (χ0n) is 17.5. The summed E-state index contributed by atoms with van der Waals surface area (Å²) in [5.74, 6) is 2.04. The van der Waals surface area contributed by atoms with Crippen LogP contribution in [0, 0.1) is 28.6 Å². The molecule has 3 heteroatoms. The van der Waals surface area contributed by atoms with E-state index in [2.05, 4.69) is 26.0 Å². The third kappa shape index (κ3) is 2.98. The fourth-order valence-electron chi connectivity index (χ4n) is 7.20. The first-order valence-corrected chi connectivity index (χ1v) is 11.6. The summed E-state index contributed by atoms with van der Waals surface area (Å²) in [5.41, 5.74) is 3.56. The molecule has 3 saturated carbocycles. The van der Waals surface area contributed by atoms with E-state index in [4.69, 9.17) is 11.6 Å². The van der Waals surface area contributed by atoms with Crippen molar-refractivity contribution in [1.29, 1.82) is 0 Å². The number of halogens is 1. The van der Waals surface area contributed by atoms with Gasteiger partial charge in [0.25, 0.3) is 0 Å². The summed E-state index contributed by atoms with van der Waals surface area (Å²) in [6.45, 7) is 4.66. The lowest BCUT2D eigenvalue weighted by Crippen LogP contribution is -2.50. The van der Waals surface area contributed by atoms with Crippen LogP contribution in [0.2, 0.25) is 5.02 Å². The number of rotatable bonds is 1. The van der Waals surface area contributed by atoms with Crippen molar-refractivity contribution in [1.82, 2.24) is 0 Å². The quantitative estimate of drug-likeness (QED) is 0.440. The van der Waals surface area contributed by atoms with Gasteiger partial charge in [-0.05, 0) is 97.5 Å². The number of ketones is 1. The van der Waals surface area contributed by atoms with Crippen LogP contribution in [-0.4, -0.2) is 17.0 Å². The zero-order chi connectivity index (χ0) is 20.4. The van der Waals surface area contributed by atoms with Gasteiger partial charge >= 0.3 is 0 Å². The van der Waals surface area contributed by atoms with Gasteiger partial charge in [-0.1, -0.05) is 49.2 Å². The number of fused-ring (bicyclic) bond motifs is 5. The van der Waals surface area contributed by atoms with E-state index in [9.17, 15) is 9.90 Å². The molecule has 4 aliphatic carbocycles. The van der Waals surface area contributed by atoms with Gasteiger partial charge in [-0.2, -0.15) is 0 Å². The zero-order valence-corrected chi connectivity index (χ0v) is 18.2. The number of carbonyl (C=O) groups excluding carboxylic acids is 1. The molecule has 4 aliphatic rings. The molecule has 154 valence electrons. The summed E-state index contributed by atoms with van der Waals surface area (Å²) in [7, 11) is 0. The van der Waals surface area contributed by atoms with Gasteiger partial charge in [-0.3, -0.25) is 4.79 Å². The van der Waals surface area contributed by atoms with E-state index in [1.54, 1.807) is 0 Å². The standard InChI is InChI=1S/C26H31ClO2/c1-25-11-9-20(28)15-18(25)5-8-21-22(25)10-12-26(2)23(21)14-17(24(26)29)13-16-3-6-19(27)7-4-16/h3-7,13,20-23,28H,8-12,14-15H2,1-2H3. The van der Waals surface area contributed by atoms with Gasteiger partial charge in [0.05, 0.1) is 6.10 Å². The maximum atomic E-state index is 13.5. The summed E-state index contributed by atoms with van der Waals surface area (Å²) in [6, 6.07) is 7.79. The average Bonchev–Trinajstić information content (AvgIpc) is 2.95. The molecule has 0 spiro atoms. The molecule has 6 atom stereocenters. The van der Waals surface area contributed by atoms with Crippen LogP contribution in [0.5, 0.6) is 0 Å². The Balaban J connectivity index is 1.47. The molecule has 6 unspecified atom stereocenters. The maximum Gasteiger partial charge on any atom is 0.165 e. The van der Waals surface area contributed by atoms with Crippen molar-refractivity contribution >= 4 is 23.5 Å². The van der Waals surface area contributed by atoms with Crippen molar-refractivity contribution in [2.75, 3.05) is 0 Å². The van der Waals surface area contributed by atoms with Crippen LogP contribution in [0.4, 0.5) is 0 Å². The second-order valence-corrected chi connectivity index (χ2v) is 10.8. The minimum atomic E-state index is -0.213. The predicted octanol–water partition coefficient (Wildman–Crippen LogP) is 6.23. The number of Topliss-reactive ketones (excluding diaryl/α,β-unsaturated/α-hetero) is 1. The molecule has 1 N–H and O–H groups in total. The molecular formula is C26H31ClO2. The molecule has 0 aliphatic heterocycles. The number of hydrogen-bond acceptors (Lipinski definition) is 2. The molecule has 0 aromatic heterocycles. The van der Waals surface area contributed by atoms with Gasteiger partial charge in [-0.15, -0.1) is 0 Å². The molecular weight excluding hydrogens is 380 g/mol. The number of allylic oxidation sites excluding steroid dienone is 2. The largest absolute Gasteiger partial charge is 0.393 e. The van der Waals surface area contributed by atoms with Crippen LogP contribution in [0.1, 0.15) is 64.4 Å². The monoisotopic (exact) mass is 410 g/mol. The highest BCUT2D eigenvalue weighted by Gasteiger charge is 2.59. The molecule has 0 bridgehead atoms. The van der Waals surface area contributed by atoms with E-state index in [0.717, 1.165) is 61.1 Å². The first kappa shape index (κ1) is 19.6. The molecule has 3 fully saturated rings. The lowest BCUT2D eigenvalue weighted by atomic mass is 9.48. The van der Waals surface area contributed by atoms with Crippen molar-refractivity contribution in [2.45, 2.75) is 64.9 Å². The van der Waals surface area contributed by atoms with Crippen molar-refractivity contribution in [2.24, 2.45) is 28.6 Å². The van der Waals surface area contributed by atoms with E-state index >= 15 is 0 Å². The molecule has 5 rings (SSSR count). The smallest absolute Gasteiger partial charge is 0.165 e. The van der Waals surface area contributed by atoms with Crippen LogP contribution in [0.3, 0.4) is 0 Å². The van der Waals surface area contributed by atoms with Crippen LogP contribution >= 0.6 is 11.6 Å². The maximum absolute atomic E-state index is 13.5. The number of carbonyl (C=O) groups is 1. The van der Waals surface area contributed by atoms with Gasteiger partial charge < -0.3 is 5.11 Å². The van der Waals surface area contributed by atoms with E-state index in [1.807, 2.05) is 24.3 Å². The van der Waals surface area contributed by atoms with E-state index < -0.39 is 0 Å². The minimum Gasteiger partial charge on any atom is -0.393 e. The highest BCUT2D eigenvalue weighted by molar-refractivity contribution is 6.30. The second-order valence-electron chi connectivity index (χ2n) is 10.4. The van der Waals surface area contributed by atoms with Gasteiger partial charge in [0, 0.05) is 10.4 Å². The van der Waals surface area contributed by atoms with Crippen molar-refractivity contribution in [3.8, 4) is 0 Å². The third-order valence-electron chi connectivity index (χ3n) is 8.93. The van der Waals surface area contributed by atoms with Crippen molar-refractivity contribution < 1.29 is 9.90 Å². The summed E-state index contributed by atoms with van der Waals surface area (Å²) in [6.07, 6.45) is 11.3. The lowest BCUT2D eigenvalue weighted by molar-refractivity contribution is -0.130. The highest BCUT2D eigenvalue weighted by Crippen LogP contribution is 2.64. The summed E-state index contributed by atoms with van der Waals surface area (Å²) < 4.78 is 0. The van der Waals surface area contributed by atoms with E-state index in [0.29, 0.717) is 23.5 Å². The molecule has 1 aromatic rings. The molecule has 0 amide bonds. The number of aliphatic hydroxyl groups excluding tert-OH is 1. The fourth-order valence-corrected chi connectivity index (χ4v) is 7.33. The van der Waals surface area contributed by atoms with Gasteiger partial charge in [-0.25, -0.2) is 0 Å². The Bertz CT molecular complexity index is 898. The van der Waals surface area contributed by atoms with Gasteiger partial charge in [0.15, 0.2) is 5.78 Å². The van der Waals surface area contributed by atoms with Crippen LogP contribution in [0.25, 0.3) is 6.08 Å². The Morgan fingerprint density at radius 1 is 1.03 bits per heavy atom. The van der Waals surface area contributed by atoms with E-state index in [1.165, 1.54) is 5.57 Å². The van der Waals surface area contributed by atoms with Crippen LogP contribution in [0.15, 0.2) is 41.5 Å². The second kappa shape index (κ2) is 6.82. The topological polar surface area (TPSA) is 37.3 Å². The van der Waals surface area contributed by atoms with Crippen LogP contribution in [-0.2, 0) is 4.79 Å². The van der Waals surface area contributed by atoms with E-state index in [-0.39, 0.29) is 16.9 Å². The number of benzene rings is 1. The Morgan fingerprint density at radius 3 is 2.52 bits per heavy atom. The summed E-state index contributed by atoms with van der Waals surface area (Å²) in [5, 5.41) is 10.9. The summed E-state index contributed by atoms with van der Waals surface area (Å²) >= 11 is 6.02. The fraction of sp³-hybridized carbons (Fsp3) is 0.577. The molecule has 0 radical (unpaired) electrons. The first-order valence-electron chi connectivity index (χ1n) is 11.2. The molecule has 29 heavy (non-hydrogen) atoms. The summed E-state index contributed by atoms with van der Waals surface area (Å²) in [4.78, 5) is 13.5. The Morgan fingerprint density at radius 2 is 1.76 bits per heavy atom. The van der Waals surface area contributed by atoms with Crippen molar-refractivity contribution in [3.05, 3.63) is 52.1 Å². The van der Waals surface area contributed by atoms with Crippen molar-refractivity contribution in [3.63, 3.8) is 0 Å². The Kier molecular flexibility index (Phi) is 4.60. The van der Waals surface area contributed by atoms with Crippen LogP contribution < -0.4 is 0 Å². The normalized spacial score (nSPS) is 42.8. The average molecular weight is 411 g/mol. The SMILES string of the molecule is CC12CCC3C(CC=C4CC(O)CCC43C)C1CC(=Cc1ccc(Cl)cc1)C2=O. The molecule has 1 aromatic carbocycles. The van der Waals surface area contributed by atoms with Gasteiger partial charge in [0.2, 0.25) is 0 Å². The molecule has 0 heterocycles. The third-order valence-corrected chi connectivity index (χ3v) is 9.18. The molecule has 0 saturated heterocycles. The predicted molar refractivity (Wildman–Crippen MR) is 118 cm³/mol. The highest BCUT2D eigenvalue weighted by atomic mass is 35.5. The van der Waals surface area contributed by atoms with Gasteiger partial charge in [0.1, 0.15) is 0 Å². The first-order chi connectivity index (χ1) is 13.8.